The van der Waals surface area contributed by atoms with E-state index in [2.05, 4.69) is 0 Å². The van der Waals surface area contributed by atoms with Gasteiger partial charge in [-0.25, -0.2) is 4.79 Å². The number of carbonyl (C=O) groups excluding carboxylic acids is 1. The van der Waals surface area contributed by atoms with E-state index < -0.39 is 17.3 Å². The van der Waals surface area contributed by atoms with Gasteiger partial charge in [0.05, 0.1) is 0 Å². The zero-order valence-corrected chi connectivity index (χ0v) is 7.10. The number of hydrogen-bond acceptors (Lipinski definition) is 4. The molecule has 5 nitrogen and oxygen atoms in total. The van der Waals surface area contributed by atoms with Crippen molar-refractivity contribution in [1.29, 1.82) is 0 Å². The van der Waals surface area contributed by atoms with Crippen LogP contribution in [0.2, 0.25) is 0 Å². The minimum Gasteiger partial charge on any atom is -0.508 e. The van der Waals surface area contributed by atoms with Crippen molar-refractivity contribution >= 4 is 12.3 Å². The normalized spacial score (nSPS) is 9.71. The Morgan fingerprint density at radius 3 is 2.50 bits per heavy atom. The summed E-state index contributed by atoms with van der Waals surface area (Å²) in [5, 5.41) is 27.1. The van der Waals surface area contributed by atoms with Crippen LogP contribution in [-0.4, -0.2) is 27.6 Å². The summed E-state index contributed by atoms with van der Waals surface area (Å²) in [6.07, 6.45) is 0.376. The lowest BCUT2D eigenvalue weighted by atomic mass is 10.1. The molecule has 14 heavy (non-hydrogen) atoms. The van der Waals surface area contributed by atoms with Gasteiger partial charge in [-0.05, 0) is 12.1 Å². The van der Waals surface area contributed by atoms with Gasteiger partial charge in [0.1, 0.15) is 23.3 Å². The highest BCUT2D eigenvalue weighted by Gasteiger charge is 2.14. The van der Waals surface area contributed by atoms with Crippen LogP contribution in [-0.2, 0) is 11.2 Å². The molecule has 0 aliphatic carbocycles. The molecule has 0 atom stereocenters. The Balaban J connectivity index is 3.31. The summed E-state index contributed by atoms with van der Waals surface area (Å²) in [6.45, 7) is 0. The molecule has 1 rings (SSSR count). The minimum absolute atomic E-state index is 0.0948. The average molecular weight is 196 g/mol. The van der Waals surface area contributed by atoms with Gasteiger partial charge in [-0.3, -0.25) is 0 Å². The first kappa shape index (κ1) is 10.0. The van der Waals surface area contributed by atoms with Gasteiger partial charge in [-0.15, -0.1) is 0 Å². The number of carboxylic acid groups (broad SMARTS) is 1. The Morgan fingerprint density at radius 1 is 1.36 bits per heavy atom. The molecule has 0 aliphatic rings. The van der Waals surface area contributed by atoms with Gasteiger partial charge in [-0.2, -0.15) is 0 Å². The Kier molecular flexibility index (Phi) is 2.71. The highest BCUT2D eigenvalue weighted by atomic mass is 16.4. The van der Waals surface area contributed by atoms with Crippen LogP contribution in [0, 0.1) is 0 Å². The quantitative estimate of drug-likeness (QED) is 0.484. The van der Waals surface area contributed by atoms with E-state index in [4.69, 9.17) is 10.2 Å². The third kappa shape index (κ3) is 1.82. The zero-order valence-electron chi connectivity index (χ0n) is 7.10. The van der Waals surface area contributed by atoms with Gasteiger partial charge in [0, 0.05) is 12.0 Å². The SMILES string of the molecule is O=CCc1cc(O)cc(C(=O)O)c1O. The molecule has 0 saturated heterocycles. The number of rotatable bonds is 3. The van der Waals surface area contributed by atoms with E-state index >= 15 is 0 Å². The highest BCUT2D eigenvalue weighted by molar-refractivity contribution is 5.92. The molecule has 0 unspecified atom stereocenters. The maximum absolute atomic E-state index is 10.6. The standard InChI is InChI=1S/C9H8O5/c10-2-1-5-3-6(11)4-7(8(5)12)9(13)14/h2-4,11-12H,1H2,(H,13,14). The smallest absolute Gasteiger partial charge is 0.339 e. The van der Waals surface area contributed by atoms with Gasteiger partial charge in [0.25, 0.3) is 0 Å². The van der Waals surface area contributed by atoms with Crippen LogP contribution in [0.4, 0.5) is 0 Å². The van der Waals surface area contributed by atoms with E-state index in [1.807, 2.05) is 0 Å². The van der Waals surface area contributed by atoms with Crippen molar-refractivity contribution in [2.24, 2.45) is 0 Å². The number of phenols is 2. The van der Waals surface area contributed by atoms with Crippen LogP contribution in [0.5, 0.6) is 11.5 Å². The van der Waals surface area contributed by atoms with Crippen molar-refractivity contribution in [2.45, 2.75) is 6.42 Å². The molecular formula is C9H8O5. The first-order valence-electron chi connectivity index (χ1n) is 3.78. The van der Waals surface area contributed by atoms with Gasteiger partial charge in [-0.1, -0.05) is 0 Å². The molecule has 0 saturated carbocycles. The molecule has 0 heterocycles. The molecule has 0 spiro atoms. The summed E-state index contributed by atoms with van der Waals surface area (Å²) in [4.78, 5) is 20.7. The fourth-order valence-electron chi connectivity index (χ4n) is 1.09. The fourth-order valence-corrected chi connectivity index (χ4v) is 1.09. The van der Waals surface area contributed by atoms with E-state index in [1.54, 1.807) is 0 Å². The van der Waals surface area contributed by atoms with E-state index in [9.17, 15) is 14.7 Å². The molecule has 0 bridgehead atoms. The molecule has 0 radical (unpaired) electrons. The topological polar surface area (TPSA) is 94.8 Å². The lowest BCUT2D eigenvalue weighted by Crippen LogP contribution is -1.99. The van der Waals surface area contributed by atoms with E-state index in [0.29, 0.717) is 6.29 Å². The second-order valence-corrected chi connectivity index (χ2v) is 2.68. The number of carbonyl (C=O) groups is 2. The van der Waals surface area contributed by atoms with Gasteiger partial charge >= 0.3 is 5.97 Å². The molecule has 1 aromatic carbocycles. The maximum atomic E-state index is 10.6. The van der Waals surface area contributed by atoms with E-state index in [-0.39, 0.29) is 17.7 Å². The van der Waals surface area contributed by atoms with Crippen LogP contribution in [0.25, 0.3) is 0 Å². The van der Waals surface area contributed by atoms with Gasteiger partial charge in [0.15, 0.2) is 0 Å². The number of hydrogen-bond donors (Lipinski definition) is 3. The Morgan fingerprint density at radius 2 is 2.00 bits per heavy atom. The van der Waals surface area contributed by atoms with E-state index in [1.165, 1.54) is 0 Å². The zero-order chi connectivity index (χ0) is 10.7. The van der Waals surface area contributed by atoms with Gasteiger partial charge < -0.3 is 20.1 Å². The number of aromatic carboxylic acids is 1. The number of aldehydes is 1. The Labute approximate surface area is 79.2 Å². The van der Waals surface area contributed by atoms with Crippen LogP contribution in [0.3, 0.4) is 0 Å². The first-order chi connectivity index (χ1) is 6.56. The Hall–Kier alpha value is -2.04. The summed E-state index contributed by atoms with van der Waals surface area (Å²) < 4.78 is 0. The van der Waals surface area contributed by atoms with Crippen molar-refractivity contribution in [2.75, 3.05) is 0 Å². The van der Waals surface area contributed by atoms with Crippen molar-refractivity contribution in [3.8, 4) is 11.5 Å². The molecule has 1 aromatic rings. The van der Waals surface area contributed by atoms with Crippen molar-refractivity contribution in [3.63, 3.8) is 0 Å². The minimum atomic E-state index is -1.36. The molecular weight excluding hydrogens is 188 g/mol. The monoisotopic (exact) mass is 196 g/mol. The highest BCUT2D eigenvalue weighted by Crippen LogP contribution is 2.27. The molecule has 5 heteroatoms. The summed E-state index contributed by atoms with van der Waals surface area (Å²) in [5.74, 6) is -2.13. The number of aromatic hydroxyl groups is 2. The largest absolute Gasteiger partial charge is 0.508 e. The number of carboxylic acids is 1. The fraction of sp³-hybridized carbons (Fsp3) is 0.111. The predicted molar refractivity (Wildman–Crippen MR) is 46.5 cm³/mol. The molecule has 0 amide bonds. The summed E-state index contributed by atoms with van der Waals surface area (Å²) >= 11 is 0. The van der Waals surface area contributed by atoms with Crippen LogP contribution in [0.1, 0.15) is 15.9 Å². The lowest BCUT2D eigenvalue weighted by Gasteiger charge is -2.05. The van der Waals surface area contributed by atoms with E-state index in [0.717, 1.165) is 12.1 Å². The Bertz CT molecular complexity index is 383. The summed E-state index contributed by atoms with van der Waals surface area (Å²) in [7, 11) is 0. The molecule has 3 N–H and O–H groups in total. The number of phenolic OH excluding ortho intramolecular Hbond substituents is 1. The lowest BCUT2D eigenvalue weighted by molar-refractivity contribution is -0.107. The molecule has 74 valence electrons. The first-order valence-corrected chi connectivity index (χ1v) is 3.78. The second kappa shape index (κ2) is 3.78. The van der Waals surface area contributed by atoms with Crippen molar-refractivity contribution in [1.82, 2.24) is 0 Å². The van der Waals surface area contributed by atoms with Crippen LogP contribution >= 0.6 is 0 Å². The van der Waals surface area contributed by atoms with Gasteiger partial charge in [0.2, 0.25) is 0 Å². The van der Waals surface area contributed by atoms with Crippen LogP contribution in [0.15, 0.2) is 12.1 Å². The number of benzene rings is 1. The van der Waals surface area contributed by atoms with Crippen molar-refractivity contribution in [3.05, 3.63) is 23.3 Å². The summed E-state index contributed by atoms with van der Waals surface area (Å²) in [5.41, 5.74) is -0.320. The third-order valence-corrected chi connectivity index (χ3v) is 1.71. The maximum Gasteiger partial charge on any atom is 0.339 e. The van der Waals surface area contributed by atoms with Crippen molar-refractivity contribution < 1.29 is 24.9 Å². The molecule has 0 fully saturated rings. The predicted octanol–water partition coefficient (Wildman–Crippen LogP) is 0.537. The third-order valence-electron chi connectivity index (χ3n) is 1.71. The van der Waals surface area contributed by atoms with Crippen LogP contribution < -0.4 is 0 Å². The second-order valence-electron chi connectivity index (χ2n) is 2.68. The summed E-state index contributed by atoms with van der Waals surface area (Å²) in [6, 6.07) is 2.07. The molecule has 0 aromatic heterocycles. The molecule has 0 aliphatic heterocycles. The average Bonchev–Trinajstić information content (AvgIpc) is 2.10.